The lowest BCUT2D eigenvalue weighted by Gasteiger charge is -2.08. The highest BCUT2D eigenvalue weighted by atomic mass is 16.5. The van der Waals surface area contributed by atoms with E-state index in [1.54, 1.807) is 7.11 Å². The molecule has 0 atom stereocenters. The average Bonchev–Trinajstić information content (AvgIpc) is 2.33. The van der Waals surface area contributed by atoms with Gasteiger partial charge in [0.05, 0.1) is 18.3 Å². The van der Waals surface area contributed by atoms with E-state index in [0.717, 1.165) is 23.7 Å². The number of aromatic nitrogens is 1. The Morgan fingerprint density at radius 3 is 2.75 bits per heavy atom. The Kier molecular flexibility index (Phi) is 2.95. The Morgan fingerprint density at radius 1 is 1.25 bits per heavy atom. The molecule has 2 N–H and O–H groups in total. The number of fused-ring (bicyclic) bond motifs is 1. The number of methoxy groups -OCH3 is 1. The van der Waals surface area contributed by atoms with Crippen LogP contribution in [0.3, 0.4) is 0 Å². The number of anilines is 1. The lowest BCUT2D eigenvalue weighted by atomic mass is 10.0. The number of benzene rings is 1. The highest BCUT2D eigenvalue weighted by Gasteiger charge is 2.06. The summed E-state index contributed by atoms with van der Waals surface area (Å²) in [5.74, 6) is 0.604. The van der Waals surface area contributed by atoms with E-state index in [0.29, 0.717) is 11.6 Å². The van der Waals surface area contributed by atoms with Gasteiger partial charge in [-0.15, -0.1) is 0 Å². The summed E-state index contributed by atoms with van der Waals surface area (Å²) in [5.41, 5.74) is 8.76. The van der Waals surface area contributed by atoms with Crippen LogP contribution < -0.4 is 10.5 Å². The maximum Gasteiger partial charge on any atom is 0.213 e. The lowest BCUT2D eigenvalue weighted by Crippen LogP contribution is -1.96. The second kappa shape index (κ2) is 4.39. The van der Waals surface area contributed by atoms with E-state index in [1.165, 1.54) is 5.56 Å². The molecule has 0 aliphatic carbocycles. The van der Waals surface area contributed by atoms with Gasteiger partial charge in [-0.2, -0.15) is 0 Å². The molecule has 0 bridgehead atoms. The molecular weight excluding hydrogens is 200 g/mol. The Morgan fingerprint density at radius 2 is 2.06 bits per heavy atom. The largest absolute Gasteiger partial charge is 0.481 e. The molecule has 84 valence electrons. The van der Waals surface area contributed by atoms with Crippen LogP contribution in [0.4, 0.5) is 5.69 Å². The first-order valence-corrected chi connectivity index (χ1v) is 5.48. The van der Waals surface area contributed by atoms with Crippen molar-refractivity contribution in [3.63, 3.8) is 0 Å². The maximum atomic E-state index is 5.93. The van der Waals surface area contributed by atoms with Gasteiger partial charge < -0.3 is 10.5 Å². The SMILES string of the molecule is CCCc1ccc(N)c2nc(OC)ccc12. The predicted molar refractivity (Wildman–Crippen MR) is 66.7 cm³/mol. The van der Waals surface area contributed by atoms with Gasteiger partial charge in [-0.05, 0) is 24.1 Å². The second-order valence-corrected chi connectivity index (χ2v) is 3.81. The van der Waals surface area contributed by atoms with Gasteiger partial charge in [0.15, 0.2) is 0 Å². The summed E-state index contributed by atoms with van der Waals surface area (Å²) >= 11 is 0. The molecule has 3 heteroatoms. The maximum absolute atomic E-state index is 5.93. The first-order chi connectivity index (χ1) is 7.76. The zero-order chi connectivity index (χ0) is 11.5. The Bertz CT molecular complexity index is 509. The Hall–Kier alpha value is -1.77. The van der Waals surface area contributed by atoms with Crippen LogP contribution >= 0.6 is 0 Å². The van der Waals surface area contributed by atoms with Gasteiger partial charge in [-0.3, -0.25) is 0 Å². The van der Waals surface area contributed by atoms with Crippen LogP contribution in [0.1, 0.15) is 18.9 Å². The number of ether oxygens (including phenoxy) is 1. The zero-order valence-corrected chi connectivity index (χ0v) is 9.66. The number of nitrogen functional groups attached to an aromatic ring is 1. The van der Waals surface area contributed by atoms with Gasteiger partial charge in [0.1, 0.15) is 0 Å². The van der Waals surface area contributed by atoms with Crippen LogP contribution in [0.25, 0.3) is 10.9 Å². The fourth-order valence-corrected chi connectivity index (χ4v) is 1.88. The molecule has 1 heterocycles. The number of nitrogens with two attached hydrogens (primary N) is 1. The smallest absolute Gasteiger partial charge is 0.213 e. The van der Waals surface area contributed by atoms with Crippen molar-refractivity contribution >= 4 is 16.6 Å². The van der Waals surface area contributed by atoms with Gasteiger partial charge in [0.2, 0.25) is 5.88 Å². The molecule has 0 saturated heterocycles. The van der Waals surface area contributed by atoms with Gasteiger partial charge >= 0.3 is 0 Å². The third-order valence-corrected chi connectivity index (χ3v) is 2.68. The van der Waals surface area contributed by atoms with Crippen LogP contribution in [-0.2, 0) is 6.42 Å². The van der Waals surface area contributed by atoms with E-state index in [2.05, 4.69) is 18.0 Å². The first-order valence-electron chi connectivity index (χ1n) is 5.48. The van der Waals surface area contributed by atoms with Crippen LogP contribution in [0.15, 0.2) is 24.3 Å². The number of pyridine rings is 1. The van der Waals surface area contributed by atoms with Crippen LogP contribution in [0.2, 0.25) is 0 Å². The third-order valence-electron chi connectivity index (χ3n) is 2.68. The molecule has 3 nitrogen and oxygen atoms in total. The summed E-state index contributed by atoms with van der Waals surface area (Å²) in [5, 5.41) is 1.13. The number of nitrogens with zero attached hydrogens (tertiary/aromatic N) is 1. The van der Waals surface area contributed by atoms with Crippen molar-refractivity contribution in [1.82, 2.24) is 4.98 Å². The Labute approximate surface area is 95.2 Å². The number of rotatable bonds is 3. The lowest BCUT2D eigenvalue weighted by molar-refractivity contribution is 0.399. The summed E-state index contributed by atoms with van der Waals surface area (Å²) in [6, 6.07) is 7.90. The first kappa shape index (κ1) is 10.7. The third kappa shape index (κ3) is 1.81. The van der Waals surface area contributed by atoms with Crippen molar-refractivity contribution in [3.8, 4) is 5.88 Å². The molecule has 16 heavy (non-hydrogen) atoms. The van der Waals surface area contributed by atoms with Crippen LogP contribution in [0.5, 0.6) is 5.88 Å². The fraction of sp³-hybridized carbons (Fsp3) is 0.308. The molecule has 0 spiro atoms. The van der Waals surface area contributed by atoms with E-state index >= 15 is 0 Å². The summed E-state index contributed by atoms with van der Waals surface area (Å²) in [4.78, 5) is 4.39. The molecule has 0 amide bonds. The molecule has 0 aliphatic rings. The number of hydrogen-bond donors (Lipinski definition) is 1. The van der Waals surface area contributed by atoms with Gasteiger partial charge in [0.25, 0.3) is 0 Å². The second-order valence-electron chi connectivity index (χ2n) is 3.81. The average molecular weight is 216 g/mol. The van der Waals surface area contributed by atoms with Crippen LogP contribution in [0, 0.1) is 0 Å². The fourth-order valence-electron chi connectivity index (χ4n) is 1.88. The standard InChI is InChI=1S/C13H16N2O/c1-3-4-9-5-7-11(14)13-10(9)6-8-12(15-13)16-2/h5-8H,3-4,14H2,1-2H3. The normalized spacial score (nSPS) is 10.6. The van der Waals surface area contributed by atoms with Crippen molar-refractivity contribution in [2.24, 2.45) is 0 Å². The number of aryl methyl sites for hydroxylation is 1. The van der Waals surface area contributed by atoms with Crippen LogP contribution in [-0.4, -0.2) is 12.1 Å². The minimum atomic E-state index is 0.604. The van der Waals surface area contributed by atoms with Crippen molar-refractivity contribution in [1.29, 1.82) is 0 Å². The summed E-state index contributed by atoms with van der Waals surface area (Å²) < 4.78 is 5.11. The highest BCUT2D eigenvalue weighted by Crippen LogP contribution is 2.26. The summed E-state index contributed by atoms with van der Waals surface area (Å²) in [6.07, 6.45) is 2.16. The zero-order valence-electron chi connectivity index (χ0n) is 9.66. The Balaban J connectivity index is 2.65. The van der Waals surface area contributed by atoms with E-state index < -0.39 is 0 Å². The van der Waals surface area contributed by atoms with Crippen molar-refractivity contribution < 1.29 is 4.74 Å². The van der Waals surface area contributed by atoms with E-state index in [-0.39, 0.29) is 0 Å². The van der Waals surface area contributed by atoms with Gasteiger partial charge in [0, 0.05) is 11.5 Å². The quantitative estimate of drug-likeness (QED) is 0.802. The molecule has 1 aromatic heterocycles. The minimum absolute atomic E-state index is 0.604. The van der Waals surface area contributed by atoms with E-state index in [4.69, 9.17) is 10.5 Å². The van der Waals surface area contributed by atoms with E-state index in [1.807, 2.05) is 18.2 Å². The molecule has 0 saturated carbocycles. The summed E-state index contributed by atoms with van der Waals surface area (Å²) in [6.45, 7) is 2.17. The molecule has 0 aliphatic heterocycles. The van der Waals surface area contributed by atoms with Crippen molar-refractivity contribution in [3.05, 3.63) is 29.8 Å². The molecule has 0 fully saturated rings. The van der Waals surface area contributed by atoms with Crippen molar-refractivity contribution in [2.45, 2.75) is 19.8 Å². The van der Waals surface area contributed by atoms with Gasteiger partial charge in [-0.25, -0.2) is 4.98 Å². The summed E-state index contributed by atoms with van der Waals surface area (Å²) in [7, 11) is 1.61. The molecule has 0 radical (unpaired) electrons. The molecule has 2 rings (SSSR count). The molecule has 1 aromatic carbocycles. The van der Waals surface area contributed by atoms with E-state index in [9.17, 15) is 0 Å². The topological polar surface area (TPSA) is 48.1 Å². The predicted octanol–water partition coefficient (Wildman–Crippen LogP) is 2.78. The number of hydrogen-bond acceptors (Lipinski definition) is 3. The van der Waals surface area contributed by atoms with Crippen molar-refractivity contribution in [2.75, 3.05) is 12.8 Å². The van der Waals surface area contributed by atoms with Gasteiger partial charge in [-0.1, -0.05) is 19.4 Å². The minimum Gasteiger partial charge on any atom is -0.481 e. The molecular formula is C13H16N2O. The highest BCUT2D eigenvalue weighted by molar-refractivity contribution is 5.92. The molecule has 2 aromatic rings. The monoisotopic (exact) mass is 216 g/mol. The molecule has 0 unspecified atom stereocenters.